The first-order valence-corrected chi connectivity index (χ1v) is 17.4. The molecule has 1 atom stereocenters. The fourth-order valence-electron chi connectivity index (χ4n) is 4.93. The minimum atomic E-state index is -4.20. The van der Waals surface area contributed by atoms with Gasteiger partial charge in [-0.25, -0.2) is 8.42 Å². The molecule has 0 bridgehead atoms. The summed E-state index contributed by atoms with van der Waals surface area (Å²) < 4.78 is 30.3. The molecule has 0 fully saturated rings. The van der Waals surface area contributed by atoms with Gasteiger partial charge in [-0.15, -0.1) is 0 Å². The summed E-state index contributed by atoms with van der Waals surface area (Å²) in [5.74, 6) is -0.822. The summed E-state index contributed by atoms with van der Waals surface area (Å²) in [5.41, 5.74) is 2.59. The Morgan fingerprint density at radius 2 is 1.53 bits per heavy atom. The van der Waals surface area contributed by atoms with Crippen LogP contribution >= 0.6 is 27.5 Å². The minimum absolute atomic E-state index is 0.0368. The number of anilines is 1. The van der Waals surface area contributed by atoms with Crippen molar-refractivity contribution in [1.29, 1.82) is 0 Å². The van der Waals surface area contributed by atoms with E-state index in [4.69, 9.17) is 11.6 Å². The number of nitrogens with one attached hydrogen (secondary N) is 1. The topological polar surface area (TPSA) is 86.8 Å². The van der Waals surface area contributed by atoms with Crippen LogP contribution in [0, 0.1) is 6.92 Å². The summed E-state index contributed by atoms with van der Waals surface area (Å²) in [4.78, 5) is 29.9. The Bertz CT molecular complexity index is 1690. The van der Waals surface area contributed by atoms with Gasteiger partial charge in [0.25, 0.3) is 10.0 Å². The molecule has 1 N–H and O–H groups in total. The minimum Gasteiger partial charge on any atom is -0.354 e. The van der Waals surface area contributed by atoms with Crippen LogP contribution < -0.4 is 9.62 Å². The number of nitrogens with zero attached hydrogens (tertiary/aromatic N) is 2. The first kappa shape index (κ1) is 34.2. The molecule has 10 heteroatoms. The Morgan fingerprint density at radius 1 is 0.889 bits per heavy atom. The number of benzene rings is 4. The van der Waals surface area contributed by atoms with E-state index in [1.165, 1.54) is 17.0 Å². The van der Waals surface area contributed by atoms with E-state index >= 15 is 0 Å². The third kappa shape index (κ3) is 9.19. The SMILES string of the molecule is CCCCNC(=O)[C@@H](Cc1ccccc1)N(Cc1ccc(Br)cc1)C(=O)CN(c1cc(Cl)ccc1C)S(=O)(=O)c1ccccc1. The van der Waals surface area contributed by atoms with Crippen molar-refractivity contribution < 1.29 is 18.0 Å². The maximum absolute atomic E-state index is 14.5. The number of sulfonamides is 1. The fourth-order valence-corrected chi connectivity index (χ4v) is 6.85. The highest BCUT2D eigenvalue weighted by atomic mass is 79.9. The largest absolute Gasteiger partial charge is 0.354 e. The van der Waals surface area contributed by atoms with Crippen molar-refractivity contribution in [3.63, 3.8) is 0 Å². The van der Waals surface area contributed by atoms with Crippen LogP contribution in [-0.2, 0) is 32.6 Å². The Kier molecular flexibility index (Phi) is 12.2. The number of carbonyl (C=O) groups is 2. The molecule has 0 saturated heterocycles. The molecule has 236 valence electrons. The normalized spacial score (nSPS) is 11.9. The zero-order valence-electron chi connectivity index (χ0n) is 25.3. The molecule has 2 amide bonds. The summed E-state index contributed by atoms with van der Waals surface area (Å²) in [7, 11) is -4.20. The Hall–Kier alpha value is -3.66. The van der Waals surface area contributed by atoms with Crippen molar-refractivity contribution in [2.75, 3.05) is 17.4 Å². The molecule has 45 heavy (non-hydrogen) atoms. The van der Waals surface area contributed by atoms with Crippen molar-refractivity contribution >= 4 is 55.1 Å². The molecule has 0 spiro atoms. The van der Waals surface area contributed by atoms with Gasteiger partial charge < -0.3 is 10.2 Å². The molecule has 7 nitrogen and oxygen atoms in total. The second-order valence-corrected chi connectivity index (χ2v) is 14.0. The van der Waals surface area contributed by atoms with Gasteiger partial charge in [0.05, 0.1) is 10.6 Å². The van der Waals surface area contributed by atoms with Gasteiger partial charge in [0, 0.05) is 29.0 Å². The second-order valence-electron chi connectivity index (χ2n) is 10.8. The van der Waals surface area contributed by atoms with Crippen LogP contribution in [0.4, 0.5) is 5.69 Å². The average Bonchev–Trinajstić information content (AvgIpc) is 3.04. The lowest BCUT2D eigenvalue weighted by molar-refractivity contribution is -0.140. The number of hydrogen-bond acceptors (Lipinski definition) is 4. The molecule has 0 aliphatic heterocycles. The number of halogens is 2. The van der Waals surface area contributed by atoms with Crippen molar-refractivity contribution in [1.82, 2.24) is 10.2 Å². The zero-order valence-corrected chi connectivity index (χ0v) is 28.5. The van der Waals surface area contributed by atoms with Crippen molar-refractivity contribution in [2.45, 2.75) is 50.6 Å². The summed E-state index contributed by atoms with van der Waals surface area (Å²) in [5, 5.41) is 3.34. The Balaban J connectivity index is 1.81. The Labute approximate surface area is 279 Å². The highest BCUT2D eigenvalue weighted by molar-refractivity contribution is 9.10. The zero-order chi connectivity index (χ0) is 32.4. The molecule has 4 aromatic rings. The van der Waals surface area contributed by atoms with Crippen molar-refractivity contribution in [3.8, 4) is 0 Å². The maximum atomic E-state index is 14.5. The van der Waals surface area contributed by atoms with Crippen LogP contribution in [0.1, 0.15) is 36.5 Å². The average molecular weight is 711 g/mol. The molecule has 4 aromatic carbocycles. The molecular formula is C35H37BrClN3O4S. The van der Waals surface area contributed by atoms with E-state index in [2.05, 4.69) is 21.2 Å². The quantitative estimate of drug-likeness (QED) is 0.141. The molecule has 4 rings (SSSR count). The van der Waals surface area contributed by atoms with E-state index < -0.39 is 28.5 Å². The third-order valence-electron chi connectivity index (χ3n) is 7.42. The van der Waals surface area contributed by atoms with Crippen molar-refractivity contribution in [3.05, 3.63) is 129 Å². The molecular weight excluding hydrogens is 674 g/mol. The summed E-state index contributed by atoms with van der Waals surface area (Å²) >= 11 is 9.80. The second kappa shape index (κ2) is 16.1. The van der Waals surface area contributed by atoms with Crippen LogP contribution in [0.3, 0.4) is 0 Å². The van der Waals surface area contributed by atoms with E-state index in [0.29, 0.717) is 17.1 Å². The molecule has 0 aromatic heterocycles. The smallest absolute Gasteiger partial charge is 0.264 e. The standard InChI is InChI=1S/C35H37BrClN3O4S/c1-3-4-21-38-35(42)33(22-27-11-7-5-8-12-27)39(24-28-16-18-29(36)19-17-28)34(41)25-40(32-23-30(37)20-15-26(32)2)45(43,44)31-13-9-6-10-14-31/h5-20,23,33H,3-4,21-22,24-25H2,1-2H3,(H,38,42)/t33-/m1/s1. The number of aryl methyl sites for hydroxylation is 1. The summed E-state index contributed by atoms with van der Waals surface area (Å²) in [6.07, 6.45) is 1.95. The maximum Gasteiger partial charge on any atom is 0.264 e. The lowest BCUT2D eigenvalue weighted by Crippen LogP contribution is -2.53. The molecule has 0 aliphatic rings. The fraction of sp³-hybridized carbons (Fsp3) is 0.257. The Morgan fingerprint density at radius 3 is 2.18 bits per heavy atom. The predicted octanol–water partition coefficient (Wildman–Crippen LogP) is 7.16. The van der Waals surface area contributed by atoms with E-state index in [1.54, 1.807) is 43.3 Å². The number of rotatable bonds is 14. The molecule has 0 heterocycles. The highest BCUT2D eigenvalue weighted by Crippen LogP contribution is 2.30. The van der Waals surface area contributed by atoms with Crippen LogP contribution in [0.5, 0.6) is 0 Å². The lowest BCUT2D eigenvalue weighted by atomic mass is 10.0. The number of carbonyl (C=O) groups excluding carboxylic acids is 2. The molecule has 0 radical (unpaired) electrons. The number of amides is 2. The van der Waals surface area contributed by atoms with Crippen LogP contribution in [0.2, 0.25) is 5.02 Å². The first-order valence-electron chi connectivity index (χ1n) is 14.8. The van der Waals surface area contributed by atoms with Gasteiger partial charge in [-0.1, -0.05) is 108 Å². The molecule has 0 unspecified atom stereocenters. The lowest BCUT2D eigenvalue weighted by Gasteiger charge is -2.34. The first-order chi connectivity index (χ1) is 21.6. The van der Waals surface area contributed by atoms with Gasteiger partial charge in [-0.2, -0.15) is 0 Å². The van der Waals surface area contributed by atoms with Crippen LogP contribution in [-0.4, -0.2) is 44.3 Å². The van der Waals surface area contributed by atoms with Gasteiger partial charge >= 0.3 is 0 Å². The van der Waals surface area contributed by atoms with E-state index in [0.717, 1.165) is 32.7 Å². The van der Waals surface area contributed by atoms with Gasteiger partial charge in [0.2, 0.25) is 11.8 Å². The van der Waals surface area contributed by atoms with Gasteiger partial charge in [-0.05, 0) is 66.4 Å². The summed E-state index contributed by atoms with van der Waals surface area (Å²) in [6.45, 7) is 3.83. The predicted molar refractivity (Wildman–Crippen MR) is 184 cm³/mol. The van der Waals surface area contributed by atoms with E-state index in [9.17, 15) is 18.0 Å². The highest BCUT2D eigenvalue weighted by Gasteiger charge is 2.35. The number of hydrogen-bond donors (Lipinski definition) is 1. The van der Waals surface area contributed by atoms with Crippen molar-refractivity contribution in [2.24, 2.45) is 0 Å². The van der Waals surface area contributed by atoms with Gasteiger partial charge in [0.1, 0.15) is 12.6 Å². The third-order valence-corrected chi connectivity index (χ3v) is 9.95. The molecule has 0 aliphatic carbocycles. The van der Waals surface area contributed by atoms with E-state index in [-0.39, 0.29) is 29.5 Å². The van der Waals surface area contributed by atoms with Gasteiger partial charge in [0.15, 0.2) is 0 Å². The number of unbranched alkanes of at least 4 members (excludes halogenated alkanes) is 1. The summed E-state index contributed by atoms with van der Waals surface area (Å²) in [6, 6.07) is 29.0. The van der Waals surface area contributed by atoms with E-state index in [1.807, 2.05) is 61.5 Å². The van der Waals surface area contributed by atoms with Crippen LogP contribution in [0.15, 0.2) is 112 Å². The monoisotopic (exact) mass is 709 g/mol. The molecule has 0 saturated carbocycles. The van der Waals surface area contributed by atoms with Crippen LogP contribution in [0.25, 0.3) is 0 Å². The van der Waals surface area contributed by atoms with Gasteiger partial charge in [-0.3, -0.25) is 13.9 Å².